The molecular weight excluding hydrogens is 378 g/mol. The van der Waals surface area contributed by atoms with Crippen molar-refractivity contribution in [1.82, 2.24) is 24.8 Å². The van der Waals surface area contributed by atoms with E-state index in [1.807, 2.05) is 13.8 Å². The van der Waals surface area contributed by atoms with E-state index in [9.17, 15) is 4.79 Å². The molecule has 30 heavy (non-hydrogen) atoms. The highest BCUT2D eigenvalue weighted by Crippen LogP contribution is 2.20. The number of fused-ring (bicyclic) bond motifs is 1. The molecule has 3 aromatic rings. The number of aromatic nitrogens is 3. The SMILES string of the molecule is Cc1ccc(Cc2c(C)nc3c(C(=O)NCCN4CCOCC4)cnn3c2C)cc1. The van der Waals surface area contributed by atoms with Crippen LogP contribution < -0.4 is 5.32 Å². The standard InChI is InChI=1S/C23H29N5O2/c1-16-4-6-19(7-5-16)14-20-17(2)26-22-21(15-25-28(22)18(20)3)23(29)24-8-9-27-10-12-30-13-11-27/h4-7,15H,8-14H2,1-3H3,(H,24,29). The maximum absolute atomic E-state index is 12.7. The summed E-state index contributed by atoms with van der Waals surface area (Å²) in [5.74, 6) is -0.129. The molecule has 0 spiro atoms. The summed E-state index contributed by atoms with van der Waals surface area (Å²) in [4.78, 5) is 19.8. The van der Waals surface area contributed by atoms with Crippen LogP contribution >= 0.6 is 0 Å². The predicted octanol–water partition coefficient (Wildman–Crippen LogP) is 2.31. The number of amides is 1. The maximum Gasteiger partial charge on any atom is 0.256 e. The van der Waals surface area contributed by atoms with Crippen molar-refractivity contribution in [1.29, 1.82) is 0 Å². The normalized spacial score (nSPS) is 14.9. The minimum Gasteiger partial charge on any atom is -0.379 e. The summed E-state index contributed by atoms with van der Waals surface area (Å²) in [6.07, 6.45) is 2.41. The number of benzene rings is 1. The molecule has 0 aliphatic carbocycles. The van der Waals surface area contributed by atoms with Gasteiger partial charge in [-0.2, -0.15) is 5.10 Å². The number of morpholine rings is 1. The molecule has 3 heterocycles. The van der Waals surface area contributed by atoms with Crippen LogP contribution in [-0.2, 0) is 11.2 Å². The van der Waals surface area contributed by atoms with E-state index in [0.29, 0.717) is 17.8 Å². The number of hydrogen-bond acceptors (Lipinski definition) is 5. The summed E-state index contributed by atoms with van der Waals surface area (Å²) in [5.41, 5.74) is 6.72. The van der Waals surface area contributed by atoms with Crippen LogP contribution in [0, 0.1) is 20.8 Å². The third kappa shape index (κ3) is 4.37. The monoisotopic (exact) mass is 407 g/mol. The molecule has 1 amide bonds. The lowest BCUT2D eigenvalue weighted by Crippen LogP contribution is -2.41. The first-order chi connectivity index (χ1) is 14.5. The Hall–Kier alpha value is -2.77. The number of aryl methyl sites for hydroxylation is 3. The molecule has 0 radical (unpaired) electrons. The van der Waals surface area contributed by atoms with E-state index in [0.717, 1.165) is 56.2 Å². The number of ether oxygens (including phenoxy) is 1. The van der Waals surface area contributed by atoms with Crippen LogP contribution in [0.3, 0.4) is 0 Å². The predicted molar refractivity (Wildman–Crippen MR) is 116 cm³/mol. The van der Waals surface area contributed by atoms with Crippen LogP contribution in [0.15, 0.2) is 30.5 Å². The molecule has 0 saturated carbocycles. The fourth-order valence-corrected chi connectivity index (χ4v) is 3.88. The van der Waals surface area contributed by atoms with Gasteiger partial charge < -0.3 is 10.1 Å². The third-order valence-corrected chi connectivity index (χ3v) is 5.77. The number of carbonyl (C=O) groups excluding carboxylic acids is 1. The van der Waals surface area contributed by atoms with E-state index in [1.165, 1.54) is 11.1 Å². The van der Waals surface area contributed by atoms with E-state index in [1.54, 1.807) is 10.7 Å². The topological polar surface area (TPSA) is 71.8 Å². The lowest BCUT2D eigenvalue weighted by molar-refractivity contribution is 0.0383. The fourth-order valence-electron chi connectivity index (χ4n) is 3.88. The average molecular weight is 408 g/mol. The average Bonchev–Trinajstić information content (AvgIpc) is 3.17. The number of carbonyl (C=O) groups is 1. The first kappa shape index (κ1) is 20.5. The molecule has 4 rings (SSSR count). The summed E-state index contributed by atoms with van der Waals surface area (Å²) in [7, 11) is 0. The number of rotatable bonds is 6. The van der Waals surface area contributed by atoms with Crippen LogP contribution in [-0.4, -0.2) is 64.8 Å². The van der Waals surface area contributed by atoms with Gasteiger partial charge in [-0.3, -0.25) is 9.69 Å². The lowest BCUT2D eigenvalue weighted by Gasteiger charge is -2.26. The second-order valence-corrected chi connectivity index (χ2v) is 7.93. The van der Waals surface area contributed by atoms with Crippen molar-refractivity contribution in [3.8, 4) is 0 Å². The molecule has 0 bridgehead atoms. The molecule has 7 nitrogen and oxygen atoms in total. The second kappa shape index (κ2) is 8.93. The third-order valence-electron chi connectivity index (χ3n) is 5.77. The van der Waals surface area contributed by atoms with Gasteiger partial charge in [-0.15, -0.1) is 0 Å². The minimum absolute atomic E-state index is 0.129. The number of nitrogens with zero attached hydrogens (tertiary/aromatic N) is 4. The van der Waals surface area contributed by atoms with Gasteiger partial charge in [0.2, 0.25) is 0 Å². The Bertz CT molecular complexity index is 1040. The van der Waals surface area contributed by atoms with Gasteiger partial charge in [-0.25, -0.2) is 9.50 Å². The Balaban J connectivity index is 1.50. The summed E-state index contributed by atoms with van der Waals surface area (Å²) in [6, 6.07) is 8.54. The minimum atomic E-state index is -0.129. The van der Waals surface area contributed by atoms with Crippen LogP contribution in [0.1, 0.15) is 38.4 Å². The summed E-state index contributed by atoms with van der Waals surface area (Å²) < 4.78 is 7.15. The van der Waals surface area contributed by atoms with Crippen molar-refractivity contribution >= 4 is 11.6 Å². The van der Waals surface area contributed by atoms with Crippen LogP contribution in [0.2, 0.25) is 0 Å². The fraction of sp³-hybridized carbons (Fsp3) is 0.435. The highest BCUT2D eigenvalue weighted by Gasteiger charge is 2.19. The molecule has 1 aliphatic heterocycles. The Morgan fingerprint density at radius 1 is 1.13 bits per heavy atom. The Labute approximate surface area is 177 Å². The van der Waals surface area contributed by atoms with E-state index >= 15 is 0 Å². The Morgan fingerprint density at radius 2 is 1.87 bits per heavy atom. The number of hydrogen-bond donors (Lipinski definition) is 1. The molecule has 1 aromatic carbocycles. The van der Waals surface area contributed by atoms with Crippen LogP contribution in [0.4, 0.5) is 0 Å². The van der Waals surface area contributed by atoms with Gasteiger partial charge in [0.1, 0.15) is 5.56 Å². The number of nitrogens with one attached hydrogen (secondary N) is 1. The van der Waals surface area contributed by atoms with E-state index in [2.05, 4.69) is 46.5 Å². The van der Waals surface area contributed by atoms with Gasteiger partial charge in [-0.1, -0.05) is 29.8 Å². The van der Waals surface area contributed by atoms with Crippen molar-refractivity contribution in [3.05, 3.63) is 64.1 Å². The molecule has 7 heteroatoms. The smallest absolute Gasteiger partial charge is 0.256 e. The second-order valence-electron chi connectivity index (χ2n) is 7.93. The molecule has 2 aromatic heterocycles. The summed E-state index contributed by atoms with van der Waals surface area (Å²) >= 11 is 0. The van der Waals surface area contributed by atoms with Crippen molar-refractivity contribution in [2.45, 2.75) is 27.2 Å². The maximum atomic E-state index is 12.7. The summed E-state index contributed by atoms with van der Waals surface area (Å²) in [6.45, 7) is 10.9. The summed E-state index contributed by atoms with van der Waals surface area (Å²) in [5, 5.41) is 7.47. The van der Waals surface area contributed by atoms with E-state index < -0.39 is 0 Å². The van der Waals surface area contributed by atoms with Crippen molar-refractivity contribution in [3.63, 3.8) is 0 Å². The first-order valence-electron chi connectivity index (χ1n) is 10.5. The molecule has 0 unspecified atom stereocenters. The molecule has 1 N–H and O–H groups in total. The lowest BCUT2D eigenvalue weighted by atomic mass is 10.0. The molecule has 158 valence electrons. The Morgan fingerprint density at radius 3 is 2.60 bits per heavy atom. The molecule has 1 aliphatic rings. The first-order valence-corrected chi connectivity index (χ1v) is 10.5. The molecule has 0 atom stereocenters. The molecule has 1 saturated heterocycles. The van der Waals surface area contributed by atoms with Gasteiger partial charge >= 0.3 is 0 Å². The largest absolute Gasteiger partial charge is 0.379 e. The van der Waals surface area contributed by atoms with Gasteiger partial charge in [0.15, 0.2) is 5.65 Å². The zero-order chi connectivity index (χ0) is 21.1. The van der Waals surface area contributed by atoms with Gasteiger partial charge in [-0.05, 0) is 31.9 Å². The Kier molecular flexibility index (Phi) is 6.11. The zero-order valence-corrected chi connectivity index (χ0v) is 17.9. The highest BCUT2D eigenvalue weighted by molar-refractivity contribution is 5.99. The van der Waals surface area contributed by atoms with Gasteiger partial charge in [0.25, 0.3) is 5.91 Å². The van der Waals surface area contributed by atoms with E-state index in [4.69, 9.17) is 9.72 Å². The van der Waals surface area contributed by atoms with Crippen molar-refractivity contribution < 1.29 is 9.53 Å². The van der Waals surface area contributed by atoms with Crippen LogP contribution in [0.25, 0.3) is 5.65 Å². The van der Waals surface area contributed by atoms with Crippen molar-refractivity contribution in [2.75, 3.05) is 39.4 Å². The van der Waals surface area contributed by atoms with Crippen molar-refractivity contribution in [2.24, 2.45) is 0 Å². The van der Waals surface area contributed by atoms with Crippen LogP contribution in [0.5, 0.6) is 0 Å². The molecule has 1 fully saturated rings. The zero-order valence-electron chi connectivity index (χ0n) is 17.9. The van der Waals surface area contributed by atoms with Gasteiger partial charge in [0.05, 0.1) is 19.4 Å². The van der Waals surface area contributed by atoms with E-state index in [-0.39, 0.29) is 5.91 Å². The quantitative estimate of drug-likeness (QED) is 0.679. The molecular formula is C23H29N5O2. The van der Waals surface area contributed by atoms with Gasteiger partial charge in [0, 0.05) is 44.0 Å². The highest BCUT2D eigenvalue weighted by atomic mass is 16.5.